The van der Waals surface area contributed by atoms with E-state index in [9.17, 15) is 4.79 Å². The Morgan fingerprint density at radius 2 is 2.09 bits per heavy atom. The molecule has 0 aliphatic carbocycles. The van der Waals surface area contributed by atoms with Gasteiger partial charge < -0.3 is 25.0 Å². The number of hydrogen-bond acceptors (Lipinski definition) is 4. The zero-order chi connectivity index (χ0) is 14.2. The lowest BCUT2D eigenvalue weighted by Gasteiger charge is -2.36. The van der Waals surface area contributed by atoms with Gasteiger partial charge in [-0.1, -0.05) is 0 Å². The highest BCUT2D eigenvalue weighted by Crippen LogP contribution is 2.34. The van der Waals surface area contributed by atoms with Crippen molar-refractivity contribution >= 4 is 24.1 Å². The Labute approximate surface area is 135 Å². The number of rotatable bonds is 1. The van der Waals surface area contributed by atoms with E-state index in [1.54, 1.807) is 0 Å². The van der Waals surface area contributed by atoms with Crippen LogP contribution in [0, 0.1) is 5.92 Å². The summed E-state index contributed by atoms with van der Waals surface area (Å²) in [6, 6.07) is 5.77. The average Bonchev–Trinajstić information content (AvgIpc) is 2.72. The van der Waals surface area contributed by atoms with Gasteiger partial charge in [-0.15, -0.1) is 12.4 Å². The molecule has 5 rings (SSSR count). The standard InChI is InChI=1S/C15H19N3O3.ClH/c19-15(18-8-10-1-3-12(18)7-16-6-10)17-11-2-4-13-14(5-11)21-9-20-13;/h2,4-5,10,12,16H,1,3,6-9H2,(H,17,19);1H/t10-,12+;/m1./s1. The molecule has 3 fully saturated rings. The molecule has 22 heavy (non-hydrogen) atoms. The molecule has 1 aromatic carbocycles. The number of nitrogens with zero attached hydrogens (tertiary/aromatic N) is 1. The van der Waals surface area contributed by atoms with E-state index in [0.29, 0.717) is 17.7 Å². The fourth-order valence-electron chi connectivity index (χ4n) is 3.35. The molecule has 2 bridgehead atoms. The number of piperidine rings is 1. The largest absolute Gasteiger partial charge is 0.454 e. The first-order chi connectivity index (χ1) is 10.3. The van der Waals surface area contributed by atoms with Gasteiger partial charge in [0.15, 0.2) is 11.5 Å². The number of carbonyl (C=O) groups excluding carboxylic acids is 1. The molecule has 6 nitrogen and oxygen atoms in total. The highest BCUT2D eigenvalue weighted by Gasteiger charge is 2.34. The molecule has 4 aliphatic heterocycles. The van der Waals surface area contributed by atoms with Crippen LogP contribution in [0.25, 0.3) is 0 Å². The summed E-state index contributed by atoms with van der Waals surface area (Å²) in [6.45, 7) is 3.00. The summed E-state index contributed by atoms with van der Waals surface area (Å²) in [5, 5.41) is 6.41. The number of amides is 2. The van der Waals surface area contributed by atoms with E-state index in [0.717, 1.165) is 37.5 Å². The highest BCUT2D eigenvalue weighted by atomic mass is 35.5. The third-order valence-electron chi connectivity index (χ3n) is 4.50. The molecule has 0 spiro atoms. The first-order valence-corrected chi connectivity index (χ1v) is 7.47. The lowest BCUT2D eigenvalue weighted by atomic mass is 9.95. The molecular weight excluding hydrogens is 306 g/mol. The summed E-state index contributed by atoms with van der Waals surface area (Å²) in [5.74, 6) is 1.99. The minimum Gasteiger partial charge on any atom is -0.454 e. The van der Waals surface area contributed by atoms with Crippen molar-refractivity contribution in [3.05, 3.63) is 18.2 Å². The zero-order valence-corrected chi connectivity index (χ0v) is 13.0. The van der Waals surface area contributed by atoms with Gasteiger partial charge in [0.25, 0.3) is 0 Å². The Bertz CT molecular complexity index is 565. The van der Waals surface area contributed by atoms with Gasteiger partial charge in [-0.3, -0.25) is 0 Å². The second-order valence-corrected chi connectivity index (χ2v) is 5.91. The van der Waals surface area contributed by atoms with Crippen LogP contribution in [0.3, 0.4) is 0 Å². The zero-order valence-electron chi connectivity index (χ0n) is 12.2. The molecule has 120 valence electrons. The number of halogens is 1. The van der Waals surface area contributed by atoms with Gasteiger partial charge >= 0.3 is 6.03 Å². The topological polar surface area (TPSA) is 62.8 Å². The summed E-state index contributed by atoms with van der Waals surface area (Å²) >= 11 is 0. The summed E-state index contributed by atoms with van der Waals surface area (Å²) in [5.41, 5.74) is 0.748. The first kappa shape index (κ1) is 15.2. The highest BCUT2D eigenvalue weighted by molar-refractivity contribution is 5.90. The van der Waals surface area contributed by atoms with Crippen molar-refractivity contribution in [3.8, 4) is 11.5 Å². The second kappa shape index (κ2) is 6.22. The van der Waals surface area contributed by atoms with E-state index >= 15 is 0 Å². The predicted molar refractivity (Wildman–Crippen MR) is 84.9 cm³/mol. The first-order valence-electron chi connectivity index (χ1n) is 7.47. The molecule has 4 heterocycles. The van der Waals surface area contributed by atoms with Gasteiger partial charge in [0.2, 0.25) is 6.79 Å². The van der Waals surface area contributed by atoms with Crippen LogP contribution in [0.15, 0.2) is 18.2 Å². The summed E-state index contributed by atoms with van der Waals surface area (Å²) in [6.07, 6.45) is 2.30. The van der Waals surface area contributed by atoms with Crippen LogP contribution in [0.5, 0.6) is 11.5 Å². The maximum atomic E-state index is 12.5. The molecular formula is C15H20ClN3O3. The van der Waals surface area contributed by atoms with Crippen molar-refractivity contribution in [2.45, 2.75) is 18.9 Å². The van der Waals surface area contributed by atoms with Gasteiger partial charge in [-0.05, 0) is 37.4 Å². The van der Waals surface area contributed by atoms with Crippen LogP contribution < -0.4 is 20.1 Å². The molecule has 7 heteroatoms. The number of hydrogen-bond donors (Lipinski definition) is 2. The second-order valence-electron chi connectivity index (χ2n) is 5.91. The Morgan fingerprint density at radius 3 is 3.00 bits per heavy atom. The predicted octanol–water partition coefficient (Wildman–Crippen LogP) is 2.05. The lowest BCUT2D eigenvalue weighted by molar-refractivity contribution is 0.153. The van der Waals surface area contributed by atoms with Crippen molar-refractivity contribution in [2.75, 3.05) is 31.7 Å². The maximum Gasteiger partial charge on any atom is 0.322 e. The quantitative estimate of drug-likeness (QED) is 0.829. The van der Waals surface area contributed by atoms with Gasteiger partial charge in [-0.25, -0.2) is 4.79 Å². The minimum atomic E-state index is -0.0211. The van der Waals surface area contributed by atoms with Crippen LogP contribution >= 0.6 is 12.4 Å². The molecule has 4 aliphatic rings. The van der Waals surface area contributed by atoms with Gasteiger partial charge in [0, 0.05) is 30.9 Å². The normalized spacial score (nSPS) is 25.4. The smallest absolute Gasteiger partial charge is 0.322 e. The van der Waals surface area contributed by atoms with E-state index in [1.807, 2.05) is 23.1 Å². The molecule has 0 saturated carbocycles. The van der Waals surface area contributed by atoms with Crippen molar-refractivity contribution < 1.29 is 14.3 Å². The van der Waals surface area contributed by atoms with Crippen LogP contribution in [0.2, 0.25) is 0 Å². The fourth-order valence-corrected chi connectivity index (χ4v) is 3.35. The molecule has 2 atom stereocenters. The van der Waals surface area contributed by atoms with E-state index < -0.39 is 0 Å². The SMILES string of the molecule is Cl.O=C(Nc1ccc2c(c1)OCO2)N1C[C@@H]2CC[C@H]1CNC2. The number of carbonyl (C=O) groups is 1. The van der Waals surface area contributed by atoms with E-state index in [1.165, 1.54) is 6.42 Å². The minimum absolute atomic E-state index is 0. The van der Waals surface area contributed by atoms with E-state index in [4.69, 9.17) is 9.47 Å². The van der Waals surface area contributed by atoms with Crippen LogP contribution in [-0.4, -0.2) is 43.4 Å². The molecule has 3 saturated heterocycles. The molecule has 0 unspecified atom stereocenters. The number of nitrogens with one attached hydrogen (secondary N) is 2. The van der Waals surface area contributed by atoms with E-state index in [-0.39, 0.29) is 25.2 Å². The number of fused-ring (bicyclic) bond motifs is 5. The summed E-state index contributed by atoms with van der Waals surface area (Å²) < 4.78 is 10.6. The van der Waals surface area contributed by atoms with Gasteiger partial charge in [0.1, 0.15) is 0 Å². The average molecular weight is 326 g/mol. The van der Waals surface area contributed by atoms with Crippen molar-refractivity contribution in [3.63, 3.8) is 0 Å². The molecule has 2 amide bonds. The number of ether oxygens (including phenoxy) is 2. The summed E-state index contributed by atoms with van der Waals surface area (Å²) in [7, 11) is 0. The van der Waals surface area contributed by atoms with Crippen molar-refractivity contribution in [2.24, 2.45) is 5.92 Å². The van der Waals surface area contributed by atoms with Crippen LogP contribution in [-0.2, 0) is 0 Å². The van der Waals surface area contributed by atoms with Gasteiger partial charge in [0.05, 0.1) is 0 Å². The lowest BCUT2D eigenvalue weighted by Crippen LogP contribution is -2.49. The molecule has 1 aromatic rings. The molecule has 0 aromatic heterocycles. The number of anilines is 1. The third kappa shape index (κ3) is 2.80. The Morgan fingerprint density at radius 1 is 1.23 bits per heavy atom. The summed E-state index contributed by atoms with van der Waals surface area (Å²) in [4.78, 5) is 14.5. The fraction of sp³-hybridized carbons (Fsp3) is 0.533. The Kier molecular flexibility index (Phi) is 4.31. The van der Waals surface area contributed by atoms with Crippen LogP contribution in [0.1, 0.15) is 12.8 Å². The maximum absolute atomic E-state index is 12.5. The Balaban J connectivity index is 0.00000144. The number of urea groups is 1. The Hall–Kier alpha value is -1.66. The van der Waals surface area contributed by atoms with Crippen molar-refractivity contribution in [1.29, 1.82) is 0 Å². The monoisotopic (exact) mass is 325 g/mol. The number of benzene rings is 1. The van der Waals surface area contributed by atoms with Crippen LogP contribution in [0.4, 0.5) is 10.5 Å². The van der Waals surface area contributed by atoms with E-state index in [2.05, 4.69) is 10.6 Å². The molecule has 2 N–H and O–H groups in total. The van der Waals surface area contributed by atoms with Crippen molar-refractivity contribution in [1.82, 2.24) is 10.2 Å². The third-order valence-corrected chi connectivity index (χ3v) is 4.50. The van der Waals surface area contributed by atoms with Gasteiger partial charge in [-0.2, -0.15) is 0 Å². The molecule has 0 radical (unpaired) electrons.